The first kappa shape index (κ1) is 19.0. The van der Waals surface area contributed by atoms with Crippen LogP contribution in [0.2, 0.25) is 0 Å². The minimum absolute atomic E-state index is 0.118. The Balaban J connectivity index is 1.42. The number of benzene rings is 1. The molecule has 1 aromatic carbocycles. The first-order chi connectivity index (χ1) is 13.5. The second kappa shape index (κ2) is 7.94. The van der Waals surface area contributed by atoms with Gasteiger partial charge in [0.25, 0.3) is 5.91 Å². The molecule has 0 aliphatic carbocycles. The summed E-state index contributed by atoms with van der Waals surface area (Å²) in [6.07, 6.45) is 0. The molecule has 1 amide bonds. The molecule has 2 aromatic heterocycles. The zero-order valence-corrected chi connectivity index (χ0v) is 17.5. The summed E-state index contributed by atoms with van der Waals surface area (Å²) in [6.45, 7) is 7.67. The molecule has 28 heavy (non-hydrogen) atoms. The van der Waals surface area contributed by atoms with E-state index in [2.05, 4.69) is 28.3 Å². The highest BCUT2D eigenvalue weighted by Crippen LogP contribution is 2.16. The largest absolute Gasteiger partial charge is 0.335 e. The highest BCUT2D eigenvalue weighted by molar-refractivity contribution is 7.71. The van der Waals surface area contributed by atoms with Crippen LogP contribution in [0.15, 0.2) is 35.7 Å². The van der Waals surface area contributed by atoms with Gasteiger partial charge in [-0.15, -0.1) is 11.3 Å². The lowest BCUT2D eigenvalue weighted by molar-refractivity contribution is 0.0588. The van der Waals surface area contributed by atoms with E-state index in [1.54, 1.807) is 9.36 Å². The first-order valence-corrected chi connectivity index (χ1v) is 10.5. The molecule has 0 N–H and O–H groups in total. The van der Waals surface area contributed by atoms with Crippen LogP contribution in [0.5, 0.6) is 0 Å². The summed E-state index contributed by atoms with van der Waals surface area (Å²) in [5.74, 6) is 0.118. The monoisotopic (exact) mass is 414 g/mol. The summed E-state index contributed by atoms with van der Waals surface area (Å²) in [4.78, 5) is 17.4. The molecule has 4 rings (SSSR count). The van der Waals surface area contributed by atoms with Crippen molar-refractivity contribution in [2.24, 2.45) is 0 Å². The van der Waals surface area contributed by atoms with Gasteiger partial charge in [-0.3, -0.25) is 9.69 Å². The molecular formula is C19H22N6OS2. The predicted octanol–water partition coefficient (Wildman–Crippen LogP) is 2.89. The molecule has 0 bridgehead atoms. The van der Waals surface area contributed by atoms with Crippen LogP contribution in [-0.2, 0) is 6.67 Å². The van der Waals surface area contributed by atoms with E-state index in [4.69, 9.17) is 12.2 Å². The van der Waals surface area contributed by atoms with Gasteiger partial charge in [0.2, 0.25) is 4.77 Å². The molecular weight excluding hydrogens is 392 g/mol. The third kappa shape index (κ3) is 3.78. The molecule has 3 aromatic rings. The van der Waals surface area contributed by atoms with Crippen molar-refractivity contribution in [3.8, 4) is 5.69 Å². The normalized spacial score (nSPS) is 15.1. The number of hydrogen-bond donors (Lipinski definition) is 0. The summed E-state index contributed by atoms with van der Waals surface area (Å²) in [7, 11) is 0. The lowest BCUT2D eigenvalue weighted by Gasteiger charge is -2.34. The molecule has 9 heteroatoms. The fourth-order valence-electron chi connectivity index (χ4n) is 3.40. The maximum absolute atomic E-state index is 12.5. The van der Waals surface area contributed by atoms with E-state index < -0.39 is 0 Å². The molecule has 0 radical (unpaired) electrons. The smallest absolute Gasteiger partial charge is 0.264 e. The van der Waals surface area contributed by atoms with Gasteiger partial charge in [-0.1, -0.05) is 23.8 Å². The van der Waals surface area contributed by atoms with E-state index in [0.29, 0.717) is 24.5 Å². The van der Waals surface area contributed by atoms with Gasteiger partial charge in [-0.25, -0.2) is 4.68 Å². The maximum atomic E-state index is 12.5. The fraction of sp³-hybridized carbons (Fsp3) is 0.368. The molecule has 1 saturated heterocycles. The number of aromatic nitrogens is 4. The molecule has 3 heterocycles. The lowest BCUT2D eigenvalue weighted by Crippen LogP contribution is -2.48. The van der Waals surface area contributed by atoms with Crippen molar-refractivity contribution in [3.63, 3.8) is 0 Å². The highest BCUT2D eigenvalue weighted by atomic mass is 32.1. The van der Waals surface area contributed by atoms with Crippen molar-refractivity contribution < 1.29 is 4.79 Å². The van der Waals surface area contributed by atoms with Crippen LogP contribution < -0.4 is 0 Å². The number of tetrazole rings is 1. The standard InChI is InChI=1S/C19H22N6OS2/c1-14-5-6-16(15(2)12-14)25-19(27)24(20-21-25)13-22-7-9-23(10-8-22)18(26)17-4-3-11-28-17/h3-6,11-12H,7-10,13H2,1-2H3. The number of amides is 1. The van der Waals surface area contributed by atoms with Crippen molar-refractivity contribution >= 4 is 29.5 Å². The summed E-state index contributed by atoms with van der Waals surface area (Å²) in [6, 6.07) is 9.97. The van der Waals surface area contributed by atoms with Crippen molar-refractivity contribution in [1.82, 2.24) is 29.6 Å². The number of carbonyl (C=O) groups excluding carboxylic acids is 1. The van der Waals surface area contributed by atoms with Crippen LogP contribution in [0, 0.1) is 18.6 Å². The Morgan fingerprint density at radius 3 is 2.61 bits per heavy atom. The third-order valence-corrected chi connectivity index (χ3v) is 6.19. The van der Waals surface area contributed by atoms with E-state index in [0.717, 1.165) is 29.2 Å². The number of rotatable bonds is 4. The Bertz CT molecular complexity index is 1030. The van der Waals surface area contributed by atoms with Gasteiger partial charge in [0.1, 0.15) is 0 Å². The fourth-order valence-corrected chi connectivity index (χ4v) is 4.31. The quantitative estimate of drug-likeness (QED) is 0.615. The van der Waals surface area contributed by atoms with Gasteiger partial charge < -0.3 is 4.90 Å². The SMILES string of the molecule is Cc1ccc(-n2nnn(CN3CCN(C(=O)c4cccs4)CC3)c2=S)c(C)c1. The molecule has 1 fully saturated rings. The summed E-state index contributed by atoms with van der Waals surface area (Å²) in [5, 5.41) is 10.4. The van der Waals surface area contributed by atoms with Crippen LogP contribution in [0.4, 0.5) is 0 Å². The maximum Gasteiger partial charge on any atom is 0.264 e. The first-order valence-electron chi connectivity index (χ1n) is 9.18. The number of hydrogen-bond acceptors (Lipinski definition) is 6. The number of thiophene rings is 1. The molecule has 7 nitrogen and oxygen atoms in total. The minimum atomic E-state index is 0.118. The lowest BCUT2D eigenvalue weighted by atomic mass is 10.1. The average Bonchev–Trinajstić information content (AvgIpc) is 3.34. The molecule has 0 unspecified atom stereocenters. The van der Waals surface area contributed by atoms with Crippen LogP contribution in [0.25, 0.3) is 5.69 Å². The Labute approximate surface area is 172 Å². The van der Waals surface area contributed by atoms with Gasteiger partial charge in [-0.05, 0) is 59.6 Å². The zero-order valence-electron chi connectivity index (χ0n) is 15.9. The molecule has 0 atom stereocenters. The van der Waals surface area contributed by atoms with Crippen LogP contribution in [0.1, 0.15) is 20.8 Å². The van der Waals surface area contributed by atoms with Gasteiger partial charge in [0.05, 0.1) is 17.2 Å². The van der Waals surface area contributed by atoms with Crippen molar-refractivity contribution in [3.05, 3.63) is 56.5 Å². The Hall–Kier alpha value is -2.36. The van der Waals surface area contributed by atoms with Crippen LogP contribution >= 0.6 is 23.6 Å². The summed E-state index contributed by atoms with van der Waals surface area (Å²) >= 11 is 7.09. The van der Waals surface area contributed by atoms with E-state index in [1.807, 2.05) is 41.5 Å². The topological polar surface area (TPSA) is 59.2 Å². The number of aryl methyl sites for hydroxylation is 2. The van der Waals surface area contributed by atoms with Gasteiger partial charge in [-0.2, -0.15) is 4.68 Å². The highest BCUT2D eigenvalue weighted by Gasteiger charge is 2.23. The van der Waals surface area contributed by atoms with Crippen molar-refractivity contribution in [1.29, 1.82) is 0 Å². The average molecular weight is 415 g/mol. The van der Waals surface area contributed by atoms with Crippen molar-refractivity contribution in [2.45, 2.75) is 20.5 Å². The van der Waals surface area contributed by atoms with E-state index in [9.17, 15) is 4.79 Å². The molecule has 1 aliphatic heterocycles. The molecule has 0 spiro atoms. The molecule has 146 valence electrons. The minimum Gasteiger partial charge on any atom is -0.335 e. The second-order valence-corrected chi connectivity index (χ2v) is 8.30. The Morgan fingerprint density at radius 1 is 1.14 bits per heavy atom. The van der Waals surface area contributed by atoms with E-state index >= 15 is 0 Å². The van der Waals surface area contributed by atoms with E-state index in [-0.39, 0.29) is 5.91 Å². The predicted molar refractivity (Wildman–Crippen MR) is 111 cm³/mol. The summed E-state index contributed by atoms with van der Waals surface area (Å²) < 4.78 is 4.02. The number of nitrogens with zero attached hydrogens (tertiary/aromatic N) is 6. The number of piperazine rings is 1. The van der Waals surface area contributed by atoms with Gasteiger partial charge >= 0.3 is 0 Å². The second-order valence-electron chi connectivity index (χ2n) is 6.99. The Morgan fingerprint density at radius 2 is 1.93 bits per heavy atom. The van der Waals surface area contributed by atoms with Crippen molar-refractivity contribution in [2.75, 3.05) is 26.2 Å². The van der Waals surface area contributed by atoms with Gasteiger partial charge in [0.15, 0.2) is 0 Å². The van der Waals surface area contributed by atoms with Crippen LogP contribution in [0.3, 0.4) is 0 Å². The van der Waals surface area contributed by atoms with E-state index in [1.165, 1.54) is 16.9 Å². The Kier molecular flexibility index (Phi) is 5.38. The van der Waals surface area contributed by atoms with Gasteiger partial charge in [0, 0.05) is 26.2 Å². The third-order valence-electron chi connectivity index (χ3n) is 4.95. The number of carbonyl (C=O) groups is 1. The molecule has 1 aliphatic rings. The van der Waals surface area contributed by atoms with Crippen LogP contribution in [-0.4, -0.2) is 61.7 Å². The molecule has 0 saturated carbocycles. The zero-order chi connectivity index (χ0) is 19.7. The summed E-state index contributed by atoms with van der Waals surface area (Å²) in [5.41, 5.74) is 3.27.